The molecule has 0 unspecified atom stereocenters. The van der Waals surface area contributed by atoms with Crippen molar-refractivity contribution in [1.82, 2.24) is 5.16 Å². The topological polar surface area (TPSA) is 52.3 Å². The summed E-state index contributed by atoms with van der Waals surface area (Å²) in [5, 5.41) is 3.69. The highest BCUT2D eigenvalue weighted by molar-refractivity contribution is 5.88. The van der Waals surface area contributed by atoms with E-state index in [2.05, 4.69) is 28.9 Å². The molecule has 1 aromatic heterocycles. The Morgan fingerprint density at radius 3 is 2.68 bits per heavy atom. The van der Waals surface area contributed by atoms with Crippen molar-refractivity contribution in [3.05, 3.63) is 41.6 Å². The molecule has 0 saturated heterocycles. The quantitative estimate of drug-likeness (QED) is 0.771. The van der Waals surface area contributed by atoms with E-state index in [0.717, 1.165) is 12.0 Å². The van der Waals surface area contributed by atoms with E-state index in [4.69, 9.17) is 4.52 Å². The second-order valence-electron chi connectivity index (χ2n) is 4.37. The van der Waals surface area contributed by atoms with Gasteiger partial charge in [0, 0.05) is 11.6 Å². The Morgan fingerprint density at radius 1 is 1.32 bits per heavy atom. The van der Waals surface area contributed by atoms with Crippen LogP contribution >= 0.6 is 0 Å². The Hall–Kier alpha value is -2.10. The first-order valence-electron chi connectivity index (χ1n) is 6.39. The van der Waals surface area contributed by atoms with Crippen LogP contribution in [0.3, 0.4) is 0 Å². The minimum atomic E-state index is -0.491. The molecule has 4 heteroatoms. The number of carbonyl (C=O) groups is 1. The van der Waals surface area contributed by atoms with E-state index in [1.807, 2.05) is 12.1 Å². The number of unbranched alkanes of at least 4 members (excludes halogenated alkanes) is 1. The van der Waals surface area contributed by atoms with E-state index in [1.165, 1.54) is 25.5 Å². The highest BCUT2D eigenvalue weighted by Gasteiger charge is 2.13. The van der Waals surface area contributed by atoms with Crippen LogP contribution in [0.4, 0.5) is 0 Å². The predicted molar refractivity (Wildman–Crippen MR) is 71.9 cm³/mol. The zero-order chi connectivity index (χ0) is 13.7. The van der Waals surface area contributed by atoms with Crippen molar-refractivity contribution in [3.8, 4) is 11.3 Å². The van der Waals surface area contributed by atoms with Crippen molar-refractivity contribution in [2.24, 2.45) is 0 Å². The highest BCUT2D eigenvalue weighted by atomic mass is 16.5. The number of carbonyl (C=O) groups excluding carboxylic acids is 1. The van der Waals surface area contributed by atoms with Crippen LogP contribution in [0.5, 0.6) is 0 Å². The average Bonchev–Trinajstić information content (AvgIpc) is 2.94. The number of aryl methyl sites for hydroxylation is 1. The first-order chi connectivity index (χ1) is 9.24. The van der Waals surface area contributed by atoms with Gasteiger partial charge < -0.3 is 9.26 Å². The van der Waals surface area contributed by atoms with Gasteiger partial charge >= 0.3 is 5.97 Å². The van der Waals surface area contributed by atoms with Crippen molar-refractivity contribution in [2.75, 3.05) is 7.11 Å². The lowest BCUT2D eigenvalue weighted by Crippen LogP contribution is -2.00. The van der Waals surface area contributed by atoms with Gasteiger partial charge in [0.1, 0.15) is 0 Å². The van der Waals surface area contributed by atoms with E-state index >= 15 is 0 Å². The van der Waals surface area contributed by atoms with Crippen LogP contribution in [0.25, 0.3) is 11.3 Å². The zero-order valence-electron chi connectivity index (χ0n) is 11.2. The predicted octanol–water partition coefficient (Wildman–Crippen LogP) is 3.47. The third-order valence-corrected chi connectivity index (χ3v) is 2.96. The van der Waals surface area contributed by atoms with E-state index in [0.29, 0.717) is 5.76 Å². The van der Waals surface area contributed by atoms with Crippen molar-refractivity contribution in [1.29, 1.82) is 0 Å². The number of nitrogens with zero attached hydrogens (tertiary/aromatic N) is 1. The molecule has 100 valence electrons. The van der Waals surface area contributed by atoms with E-state index < -0.39 is 5.97 Å². The lowest BCUT2D eigenvalue weighted by atomic mass is 10.1. The Balaban J connectivity index is 2.13. The summed E-state index contributed by atoms with van der Waals surface area (Å²) in [4.78, 5) is 11.3. The van der Waals surface area contributed by atoms with Gasteiger partial charge in [0.15, 0.2) is 11.5 Å². The monoisotopic (exact) mass is 259 g/mol. The zero-order valence-corrected chi connectivity index (χ0v) is 11.2. The number of benzene rings is 1. The van der Waals surface area contributed by atoms with Crippen LogP contribution in [0.2, 0.25) is 0 Å². The molecule has 0 saturated carbocycles. The maximum absolute atomic E-state index is 11.3. The maximum atomic E-state index is 11.3. The van der Waals surface area contributed by atoms with Gasteiger partial charge in [-0.3, -0.25) is 0 Å². The van der Waals surface area contributed by atoms with Crippen LogP contribution in [-0.4, -0.2) is 18.2 Å². The fourth-order valence-electron chi connectivity index (χ4n) is 1.83. The number of rotatable bonds is 5. The summed E-state index contributed by atoms with van der Waals surface area (Å²) in [6.45, 7) is 2.18. The molecule has 0 spiro atoms. The van der Waals surface area contributed by atoms with Crippen molar-refractivity contribution < 1.29 is 14.1 Å². The van der Waals surface area contributed by atoms with Crippen LogP contribution in [0.15, 0.2) is 34.9 Å². The van der Waals surface area contributed by atoms with Gasteiger partial charge in [-0.1, -0.05) is 42.8 Å². The molecule has 1 aromatic carbocycles. The molecule has 0 aliphatic carbocycles. The summed E-state index contributed by atoms with van der Waals surface area (Å²) < 4.78 is 9.73. The molecule has 0 N–H and O–H groups in total. The molecule has 4 nitrogen and oxygen atoms in total. The first-order valence-corrected chi connectivity index (χ1v) is 6.39. The number of aromatic nitrogens is 1. The molecule has 0 aliphatic heterocycles. The van der Waals surface area contributed by atoms with Gasteiger partial charge in [-0.15, -0.1) is 0 Å². The minimum Gasteiger partial charge on any atom is -0.464 e. The summed E-state index contributed by atoms with van der Waals surface area (Å²) in [6, 6.07) is 9.70. The molecule has 0 aliphatic rings. The molecule has 0 fully saturated rings. The smallest absolute Gasteiger partial charge is 0.360 e. The molecule has 1 heterocycles. The van der Waals surface area contributed by atoms with E-state index in [9.17, 15) is 4.79 Å². The van der Waals surface area contributed by atoms with Crippen molar-refractivity contribution >= 4 is 5.97 Å². The summed E-state index contributed by atoms with van der Waals surface area (Å²) in [5.41, 5.74) is 2.40. The summed E-state index contributed by atoms with van der Waals surface area (Å²) >= 11 is 0. The molecule has 19 heavy (non-hydrogen) atoms. The lowest BCUT2D eigenvalue weighted by molar-refractivity contribution is 0.0589. The Bertz CT molecular complexity index is 543. The molecular formula is C15H17NO3. The molecule has 0 bridgehead atoms. The highest BCUT2D eigenvalue weighted by Crippen LogP contribution is 2.21. The Labute approximate surface area is 112 Å². The van der Waals surface area contributed by atoms with Gasteiger partial charge in [0.05, 0.1) is 7.11 Å². The number of hydrogen-bond acceptors (Lipinski definition) is 4. The third kappa shape index (κ3) is 3.22. The standard InChI is InChI=1S/C15H17NO3/c1-3-4-5-11-6-8-12(9-7-11)14-10-13(16-19-14)15(17)18-2/h6-10H,3-5H2,1-2H3. The number of methoxy groups -OCH3 is 1. The molecule has 2 rings (SSSR count). The van der Waals surface area contributed by atoms with E-state index in [1.54, 1.807) is 6.07 Å². The average molecular weight is 259 g/mol. The second kappa shape index (κ2) is 6.18. The Kier molecular flexibility index (Phi) is 4.34. The lowest BCUT2D eigenvalue weighted by Gasteiger charge is -2.00. The van der Waals surface area contributed by atoms with Gasteiger partial charge in [-0.25, -0.2) is 4.79 Å². The normalized spacial score (nSPS) is 10.4. The summed E-state index contributed by atoms with van der Waals surface area (Å²) in [5.74, 6) is 0.0806. The van der Waals surface area contributed by atoms with Gasteiger partial charge in [0.2, 0.25) is 0 Å². The van der Waals surface area contributed by atoms with Gasteiger partial charge in [-0.05, 0) is 18.4 Å². The number of esters is 1. The third-order valence-electron chi connectivity index (χ3n) is 2.96. The van der Waals surface area contributed by atoms with Crippen LogP contribution < -0.4 is 0 Å². The number of hydrogen-bond donors (Lipinski definition) is 0. The largest absolute Gasteiger partial charge is 0.464 e. The number of ether oxygens (including phenoxy) is 1. The van der Waals surface area contributed by atoms with Crippen molar-refractivity contribution in [2.45, 2.75) is 26.2 Å². The molecule has 0 amide bonds. The second-order valence-corrected chi connectivity index (χ2v) is 4.37. The van der Waals surface area contributed by atoms with Crippen LogP contribution in [-0.2, 0) is 11.2 Å². The summed E-state index contributed by atoms with van der Waals surface area (Å²) in [7, 11) is 1.32. The van der Waals surface area contributed by atoms with Gasteiger partial charge in [0.25, 0.3) is 0 Å². The Morgan fingerprint density at radius 2 is 2.05 bits per heavy atom. The molecule has 2 aromatic rings. The van der Waals surface area contributed by atoms with Crippen molar-refractivity contribution in [3.63, 3.8) is 0 Å². The summed E-state index contributed by atoms with van der Waals surface area (Å²) in [6.07, 6.45) is 3.46. The fourth-order valence-corrected chi connectivity index (χ4v) is 1.83. The SMILES string of the molecule is CCCCc1ccc(-c2cc(C(=O)OC)no2)cc1. The van der Waals surface area contributed by atoms with E-state index in [-0.39, 0.29) is 5.69 Å². The first kappa shape index (κ1) is 13.3. The fraction of sp³-hybridized carbons (Fsp3) is 0.333. The maximum Gasteiger partial charge on any atom is 0.360 e. The van der Waals surface area contributed by atoms with Gasteiger partial charge in [-0.2, -0.15) is 0 Å². The van der Waals surface area contributed by atoms with Crippen LogP contribution in [0, 0.1) is 0 Å². The molecule has 0 radical (unpaired) electrons. The molecule has 0 atom stereocenters. The molecular weight excluding hydrogens is 242 g/mol. The van der Waals surface area contributed by atoms with Crippen LogP contribution in [0.1, 0.15) is 35.8 Å². The minimum absolute atomic E-state index is 0.188.